The van der Waals surface area contributed by atoms with Gasteiger partial charge in [-0.15, -0.1) is 0 Å². The minimum Gasteiger partial charge on any atom is -0.298 e. The number of nitrogens with one attached hydrogen (secondary N) is 4. The topological polar surface area (TPSA) is 82.3 Å². The summed E-state index contributed by atoms with van der Waals surface area (Å²) in [5, 5.41) is 0. The molecule has 0 aromatic heterocycles. The summed E-state index contributed by atoms with van der Waals surface area (Å²) in [6.45, 7) is 0. The Morgan fingerprint density at radius 3 is 1.09 bits per heavy atom. The van der Waals surface area contributed by atoms with Gasteiger partial charge in [-0.2, -0.15) is 35.1 Å². The zero-order valence-electron chi connectivity index (χ0n) is 15.6. The van der Waals surface area contributed by atoms with E-state index in [9.17, 15) is 44.7 Å². The second-order valence-corrected chi connectivity index (χ2v) is 6.19. The number of anilines is 2. The molecule has 2 aromatic carbocycles. The molecule has 0 aliphatic heterocycles. The molecular formula is C18H14F8N4O2. The van der Waals surface area contributed by atoms with Crippen LogP contribution in [0.2, 0.25) is 0 Å². The lowest BCUT2D eigenvalue weighted by molar-refractivity contribution is -0.347. The van der Waals surface area contributed by atoms with Gasteiger partial charge < -0.3 is 0 Å². The van der Waals surface area contributed by atoms with Crippen molar-refractivity contribution in [1.82, 2.24) is 10.9 Å². The molecule has 0 saturated heterocycles. The van der Waals surface area contributed by atoms with Gasteiger partial charge in [0.15, 0.2) is 0 Å². The van der Waals surface area contributed by atoms with Crippen molar-refractivity contribution in [3.05, 3.63) is 60.7 Å². The quantitative estimate of drug-likeness (QED) is 0.332. The lowest BCUT2D eigenvalue weighted by Crippen LogP contribution is -2.69. The van der Waals surface area contributed by atoms with E-state index >= 15 is 0 Å². The number of benzene rings is 2. The molecule has 0 aliphatic carbocycles. The molecule has 2 rings (SSSR count). The van der Waals surface area contributed by atoms with E-state index in [4.69, 9.17) is 0 Å². The number of amides is 2. The summed E-state index contributed by atoms with van der Waals surface area (Å²) in [6, 6.07) is 13.1. The maximum absolute atomic E-state index is 13.9. The van der Waals surface area contributed by atoms with Gasteiger partial charge in [-0.1, -0.05) is 36.4 Å². The zero-order valence-corrected chi connectivity index (χ0v) is 15.6. The third-order valence-electron chi connectivity index (χ3n) is 3.94. The van der Waals surface area contributed by atoms with E-state index in [1.165, 1.54) is 60.7 Å². The molecule has 4 N–H and O–H groups in total. The van der Waals surface area contributed by atoms with Crippen LogP contribution in [-0.4, -0.2) is 35.5 Å². The summed E-state index contributed by atoms with van der Waals surface area (Å²) < 4.78 is 111. The first-order valence-corrected chi connectivity index (χ1v) is 8.49. The second-order valence-electron chi connectivity index (χ2n) is 6.19. The van der Waals surface area contributed by atoms with Gasteiger partial charge in [-0.3, -0.25) is 31.3 Å². The molecule has 32 heavy (non-hydrogen) atoms. The highest BCUT2D eigenvalue weighted by Gasteiger charge is 2.84. The molecule has 0 spiro atoms. The first-order valence-electron chi connectivity index (χ1n) is 8.49. The standard InChI is InChI=1S/C18H14F8N4O2/c19-15(20,13(31)29-27-11-7-3-1-4-8-11)17(23,24)18(25,26)16(21,22)14(32)30-28-12-9-5-2-6-10-12/h1-10,27-28H,(H,29,31)(H,30,32). The van der Waals surface area contributed by atoms with Gasteiger partial charge in [0.05, 0.1) is 11.4 Å². The highest BCUT2D eigenvalue weighted by Crippen LogP contribution is 2.52. The fourth-order valence-corrected chi connectivity index (χ4v) is 2.14. The van der Waals surface area contributed by atoms with Crippen molar-refractivity contribution in [3.63, 3.8) is 0 Å². The highest BCUT2D eigenvalue weighted by molar-refractivity contribution is 5.88. The van der Waals surface area contributed by atoms with Crippen molar-refractivity contribution in [1.29, 1.82) is 0 Å². The van der Waals surface area contributed by atoms with Crippen molar-refractivity contribution in [2.75, 3.05) is 10.9 Å². The Morgan fingerprint density at radius 2 is 0.812 bits per heavy atom. The smallest absolute Gasteiger partial charge is 0.298 e. The molecule has 6 nitrogen and oxygen atoms in total. The maximum Gasteiger partial charge on any atom is 0.394 e. The zero-order chi connectivity index (χ0) is 24.2. The molecular weight excluding hydrogens is 456 g/mol. The molecule has 0 aliphatic rings. The molecule has 2 amide bonds. The molecule has 0 radical (unpaired) electrons. The van der Waals surface area contributed by atoms with E-state index in [0.29, 0.717) is 0 Å². The number of hydrogen-bond acceptors (Lipinski definition) is 4. The monoisotopic (exact) mass is 470 g/mol. The molecule has 14 heteroatoms. The predicted molar refractivity (Wildman–Crippen MR) is 96.2 cm³/mol. The predicted octanol–water partition coefficient (Wildman–Crippen LogP) is 3.81. The minimum absolute atomic E-state index is 0.108. The van der Waals surface area contributed by atoms with Crippen LogP contribution < -0.4 is 21.7 Å². The van der Waals surface area contributed by atoms with Crippen LogP contribution in [0.4, 0.5) is 46.5 Å². The number of carbonyl (C=O) groups is 2. The van der Waals surface area contributed by atoms with E-state index in [2.05, 4.69) is 0 Å². The van der Waals surface area contributed by atoms with Crippen LogP contribution in [0.3, 0.4) is 0 Å². The molecule has 0 fully saturated rings. The van der Waals surface area contributed by atoms with E-state index in [1.54, 1.807) is 10.9 Å². The SMILES string of the molecule is O=C(NNc1ccccc1)C(F)(F)C(F)(F)C(F)(F)C(F)(F)C(=O)NNc1ccccc1. The van der Waals surface area contributed by atoms with Gasteiger partial charge in [-0.25, -0.2) is 0 Å². The van der Waals surface area contributed by atoms with Crippen molar-refractivity contribution >= 4 is 23.2 Å². The lowest BCUT2D eigenvalue weighted by atomic mass is 9.97. The summed E-state index contributed by atoms with van der Waals surface area (Å²) in [4.78, 5) is 22.9. The third-order valence-corrected chi connectivity index (χ3v) is 3.94. The van der Waals surface area contributed by atoms with Gasteiger partial charge in [0.25, 0.3) is 0 Å². The highest BCUT2D eigenvalue weighted by atomic mass is 19.4. The van der Waals surface area contributed by atoms with Gasteiger partial charge in [0.2, 0.25) is 0 Å². The van der Waals surface area contributed by atoms with Crippen LogP contribution >= 0.6 is 0 Å². The van der Waals surface area contributed by atoms with E-state index in [-0.39, 0.29) is 11.4 Å². The Balaban J connectivity index is 2.18. The van der Waals surface area contributed by atoms with Crippen LogP contribution in [0.15, 0.2) is 60.7 Å². The largest absolute Gasteiger partial charge is 0.394 e. The Bertz CT molecular complexity index is 865. The van der Waals surface area contributed by atoms with Crippen molar-refractivity contribution < 1.29 is 44.7 Å². The Labute approximate surface area is 174 Å². The van der Waals surface area contributed by atoms with Gasteiger partial charge in [0.1, 0.15) is 0 Å². The van der Waals surface area contributed by atoms with Crippen LogP contribution in [0, 0.1) is 0 Å². The molecule has 0 atom stereocenters. The van der Waals surface area contributed by atoms with E-state index in [1.807, 2.05) is 0 Å². The molecule has 0 bridgehead atoms. The van der Waals surface area contributed by atoms with Gasteiger partial charge >= 0.3 is 35.5 Å². The average molecular weight is 470 g/mol. The fraction of sp³-hybridized carbons (Fsp3) is 0.222. The molecule has 174 valence electrons. The van der Waals surface area contributed by atoms with Crippen LogP contribution in [0.25, 0.3) is 0 Å². The minimum atomic E-state index is -6.98. The summed E-state index contributed by atoms with van der Waals surface area (Å²) in [6.07, 6.45) is 0. The average Bonchev–Trinajstić information content (AvgIpc) is 2.76. The molecule has 0 unspecified atom stereocenters. The second kappa shape index (κ2) is 8.88. The number of carbonyl (C=O) groups excluding carboxylic acids is 2. The van der Waals surface area contributed by atoms with Crippen molar-refractivity contribution in [2.24, 2.45) is 0 Å². The Hall–Kier alpha value is -3.58. The number of hydrogen-bond donors (Lipinski definition) is 4. The molecule has 0 saturated carbocycles. The van der Waals surface area contributed by atoms with Crippen molar-refractivity contribution in [2.45, 2.75) is 23.7 Å². The molecule has 2 aromatic rings. The number of para-hydroxylation sites is 2. The van der Waals surface area contributed by atoms with Crippen molar-refractivity contribution in [3.8, 4) is 0 Å². The Kier molecular flexibility index (Phi) is 6.85. The van der Waals surface area contributed by atoms with Gasteiger partial charge in [-0.05, 0) is 24.3 Å². The summed E-state index contributed by atoms with van der Waals surface area (Å²) in [5.41, 5.74) is 5.33. The number of hydrazine groups is 2. The number of alkyl halides is 8. The summed E-state index contributed by atoms with van der Waals surface area (Å²) in [7, 11) is 0. The lowest BCUT2D eigenvalue weighted by Gasteiger charge is -2.35. The van der Waals surface area contributed by atoms with E-state index < -0.39 is 35.5 Å². The fourth-order valence-electron chi connectivity index (χ4n) is 2.14. The first-order chi connectivity index (χ1) is 14.7. The van der Waals surface area contributed by atoms with Gasteiger partial charge in [0, 0.05) is 0 Å². The number of rotatable bonds is 9. The third kappa shape index (κ3) is 4.53. The summed E-state index contributed by atoms with van der Waals surface area (Å²) >= 11 is 0. The van der Waals surface area contributed by atoms with E-state index in [0.717, 1.165) is 10.9 Å². The first kappa shape index (κ1) is 24.7. The van der Waals surface area contributed by atoms with Crippen LogP contribution in [0.1, 0.15) is 0 Å². The Morgan fingerprint density at radius 1 is 0.531 bits per heavy atom. The number of halogens is 8. The molecule has 0 heterocycles. The maximum atomic E-state index is 13.9. The summed E-state index contributed by atoms with van der Waals surface area (Å²) in [5.74, 6) is -32.7. The van der Waals surface area contributed by atoms with Crippen LogP contribution in [-0.2, 0) is 9.59 Å². The normalized spacial score (nSPS) is 12.6. The van der Waals surface area contributed by atoms with Crippen LogP contribution in [0.5, 0.6) is 0 Å².